The van der Waals surface area contributed by atoms with E-state index in [9.17, 15) is 14.7 Å². The van der Waals surface area contributed by atoms with Crippen molar-refractivity contribution in [1.82, 2.24) is 5.32 Å². The normalized spacial score (nSPS) is 22.8. The Bertz CT molecular complexity index is 464. The molecule has 0 bridgehead atoms. The number of anilines is 1. The molecule has 2 amide bonds. The SMILES string of the molecule is CC(=O)Nc1ccc(C(=O)NC2CCC(O)CC2)s1. The summed E-state index contributed by atoms with van der Waals surface area (Å²) < 4.78 is 0. The predicted octanol–water partition coefficient (Wildman–Crippen LogP) is 1.74. The van der Waals surface area contributed by atoms with Crippen LogP contribution in [0.25, 0.3) is 0 Å². The maximum Gasteiger partial charge on any atom is 0.261 e. The number of thiophene rings is 1. The van der Waals surface area contributed by atoms with Gasteiger partial charge in [-0.25, -0.2) is 0 Å². The quantitative estimate of drug-likeness (QED) is 0.790. The molecule has 5 nitrogen and oxygen atoms in total. The predicted molar refractivity (Wildman–Crippen MR) is 74.4 cm³/mol. The van der Waals surface area contributed by atoms with Gasteiger partial charge in [-0.15, -0.1) is 11.3 Å². The Morgan fingerprint density at radius 2 is 1.95 bits per heavy atom. The number of aliphatic hydroxyl groups excluding tert-OH is 1. The largest absolute Gasteiger partial charge is 0.393 e. The Hall–Kier alpha value is -1.40. The zero-order chi connectivity index (χ0) is 13.8. The van der Waals surface area contributed by atoms with Gasteiger partial charge in [0.1, 0.15) is 0 Å². The second kappa shape index (κ2) is 6.16. The first-order chi connectivity index (χ1) is 9.04. The number of amides is 2. The third-order valence-electron chi connectivity index (χ3n) is 3.16. The second-order valence-electron chi connectivity index (χ2n) is 4.82. The molecule has 1 aromatic rings. The van der Waals surface area contributed by atoms with Crippen LogP contribution in [0.1, 0.15) is 42.3 Å². The van der Waals surface area contributed by atoms with E-state index >= 15 is 0 Å². The summed E-state index contributed by atoms with van der Waals surface area (Å²) in [7, 11) is 0. The Labute approximate surface area is 116 Å². The smallest absolute Gasteiger partial charge is 0.261 e. The van der Waals surface area contributed by atoms with E-state index in [-0.39, 0.29) is 24.0 Å². The van der Waals surface area contributed by atoms with Gasteiger partial charge in [-0.3, -0.25) is 9.59 Å². The lowest BCUT2D eigenvalue weighted by molar-refractivity contribution is -0.114. The summed E-state index contributed by atoms with van der Waals surface area (Å²) in [4.78, 5) is 23.5. The van der Waals surface area contributed by atoms with Gasteiger partial charge >= 0.3 is 0 Å². The van der Waals surface area contributed by atoms with Gasteiger partial charge in [0.05, 0.1) is 16.0 Å². The van der Waals surface area contributed by atoms with Crippen LogP contribution in [0, 0.1) is 0 Å². The fourth-order valence-electron chi connectivity index (χ4n) is 2.18. The molecule has 0 aliphatic heterocycles. The lowest BCUT2D eigenvalue weighted by Crippen LogP contribution is -2.38. The van der Waals surface area contributed by atoms with Crippen LogP contribution in [-0.2, 0) is 4.79 Å². The molecule has 19 heavy (non-hydrogen) atoms. The van der Waals surface area contributed by atoms with Crippen molar-refractivity contribution < 1.29 is 14.7 Å². The standard InChI is InChI=1S/C13H18N2O3S/c1-8(16)14-12-7-6-11(19-12)13(18)15-9-2-4-10(17)5-3-9/h6-7,9-10,17H,2-5H2,1H3,(H,14,16)(H,15,18). The Morgan fingerprint density at radius 3 is 2.58 bits per heavy atom. The maximum absolute atomic E-state index is 12.0. The van der Waals surface area contributed by atoms with E-state index in [2.05, 4.69) is 10.6 Å². The highest BCUT2D eigenvalue weighted by atomic mass is 32.1. The molecule has 2 rings (SSSR count). The fraction of sp³-hybridized carbons (Fsp3) is 0.538. The van der Waals surface area contributed by atoms with Crippen LogP contribution in [0.3, 0.4) is 0 Å². The molecule has 1 saturated carbocycles. The van der Waals surface area contributed by atoms with Crippen LogP contribution in [-0.4, -0.2) is 29.1 Å². The summed E-state index contributed by atoms with van der Waals surface area (Å²) in [5, 5.41) is 15.7. The van der Waals surface area contributed by atoms with E-state index in [4.69, 9.17) is 0 Å². The third kappa shape index (κ3) is 4.04. The van der Waals surface area contributed by atoms with Crippen molar-refractivity contribution in [1.29, 1.82) is 0 Å². The average Bonchev–Trinajstić information content (AvgIpc) is 2.80. The van der Waals surface area contributed by atoms with Crippen LogP contribution in [0.15, 0.2) is 12.1 Å². The highest BCUT2D eigenvalue weighted by Gasteiger charge is 2.21. The van der Waals surface area contributed by atoms with Crippen LogP contribution in [0.5, 0.6) is 0 Å². The van der Waals surface area contributed by atoms with Crippen molar-refractivity contribution >= 4 is 28.2 Å². The number of aliphatic hydroxyl groups is 1. The van der Waals surface area contributed by atoms with Crippen molar-refractivity contribution in [3.63, 3.8) is 0 Å². The van der Waals surface area contributed by atoms with Crippen LogP contribution in [0.4, 0.5) is 5.00 Å². The zero-order valence-corrected chi connectivity index (χ0v) is 11.6. The first-order valence-corrected chi connectivity index (χ1v) is 7.22. The Morgan fingerprint density at radius 1 is 1.26 bits per heavy atom. The molecular formula is C13H18N2O3S. The molecule has 0 saturated heterocycles. The van der Waals surface area contributed by atoms with E-state index in [0.717, 1.165) is 25.7 Å². The minimum absolute atomic E-state index is 0.108. The molecule has 0 aromatic carbocycles. The molecule has 0 atom stereocenters. The van der Waals surface area contributed by atoms with Crippen molar-refractivity contribution in [2.75, 3.05) is 5.32 Å². The molecular weight excluding hydrogens is 264 g/mol. The zero-order valence-electron chi connectivity index (χ0n) is 10.8. The van der Waals surface area contributed by atoms with Crippen LogP contribution < -0.4 is 10.6 Å². The van der Waals surface area contributed by atoms with Gasteiger partial charge in [0.25, 0.3) is 5.91 Å². The number of hydrogen-bond donors (Lipinski definition) is 3. The molecule has 1 fully saturated rings. The van der Waals surface area contributed by atoms with Gasteiger partial charge in [-0.05, 0) is 37.8 Å². The lowest BCUT2D eigenvalue weighted by Gasteiger charge is -2.25. The van der Waals surface area contributed by atoms with E-state index in [0.29, 0.717) is 9.88 Å². The second-order valence-corrected chi connectivity index (χ2v) is 5.91. The van der Waals surface area contributed by atoms with E-state index < -0.39 is 0 Å². The summed E-state index contributed by atoms with van der Waals surface area (Å²) in [5.74, 6) is -0.252. The van der Waals surface area contributed by atoms with Crippen molar-refractivity contribution in [3.05, 3.63) is 17.0 Å². The van der Waals surface area contributed by atoms with Gasteiger partial charge in [0.2, 0.25) is 5.91 Å². The molecule has 104 valence electrons. The summed E-state index contributed by atoms with van der Waals surface area (Å²) >= 11 is 1.27. The minimum Gasteiger partial charge on any atom is -0.393 e. The van der Waals surface area contributed by atoms with Gasteiger partial charge in [-0.2, -0.15) is 0 Å². The van der Waals surface area contributed by atoms with Gasteiger partial charge in [0.15, 0.2) is 0 Å². The van der Waals surface area contributed by atoms with E-state index in [1.807, 2.05) is 0 Å². The molecule has 1 aliphatic carbocycles. The molecule has 0 spiro atoms. The summed E-state index contributed by atoms with van der Waals surface area (Å²) in [6, 6.07) is 3.58. The first kappa shape index (κ1) is 14.0. The molecule has 0 radical (unpaired) electrons. The molecule has 1 heterocycles. The van der Waals surface area contributed by atoms with Gasteiger partial charge in [0, 0.05) is 13.0 Å². The highest BCUT2D eigenvalue weighted by Crippen LogP contribution is 2.23. The highest BCUT2D eigenvalue weighted by molar-refractivity contribution is 7.18. The Balaban J connectivity index is 1.89. The Kier molecular flexibility index (Phi) is 4.55. The number of carbonyl (C=O) groups is 2. The van der Waals surface area contributed by atoms with Crippen molar-refractivity contribution in [2.45, 2.75) is 44.8 Å². The number of carbonyl (C=O) groups excluding carboxylic acids is 2. The summed E-state index contributed by atoms with van der Waals surface area (Å²) in [5.41, 5.74) is 0. The van der Waals surface area contributed by atoms with Crippen molar-refractivity contribution in [2.24, 2.45) is 0 Å². The molecule has 0 unspecified atom stereocenters. The average molecular weight is 282 g/mol. The summed E-state index contributed by atoms with van der Waals surface area (Å²) in [6.45, 7) is 1.44. The summed E-state index contributed by atoms with van der Waals surface area (Å²) in [6.07, 6.45) is 2.90. The van der Waals surface area contributed by atoms with E-state index in [1.165, 1.54) is 18.3 Å². The number of rotatable bonds is 3. The molecule has 6 heteroatoms. The molecule has 3 N–H and O–H groups in total. The minimum atomic E-state index is -0.221. The van der Waals surface area contributed by atoms with E-state index in [1.54, 1.807) is 12.1 Å². The fourth-order valence-corrected chi connectivity index (χ4v) is 3.03. The van der Waals surface area contributed by atoms with Crippen LogP contribution in [0.2, 0.25) is 0 Å². The van der Waals surface area contributed by atoms with Crippen molar-refractivity contribution in [3.8, 4) is 0 Å². The third-order valence-corrected chi connectivity index (χ3v) is 4.16. The van der Waals surface area contributed by atoms with Gasteiger partial charge in [-0.1, -0.05) is 0 Å². The number of hydrogen-bond acceptors (Lipinski definition) is 4. The molecule has 1 aromatic heterocycles. The number of nitrogens with one attached hydrogen (secondary N) is 2. The monoisotopic (exact) mass is 282 g/mol. The lowest BCUT2D eigenvalue weighted by atomic mass is 9.93. The molecule has 1 aliphatic rings. The first-order valence-electron chi connectivity index (χ1n) is 6.41. The van der Waals surface area contributed by atoms with Crippen LogP contribution >= 0.6 is 11.3 Å². The van der Waals surface area contributed by atoms with Gasteiger partial charge < -0.3 is 15.7 Å². The maximum atomic E-state index is 12.0. The topological polar surface area (TPSA) is 78.4 Å².